The van der Waals surface area contributed by atoms with Gasteiger partial charge < -0.3 is 15.0 Å². The normalized spacial score (nSPS) is 17.9. The van der Waals surface area contributed by atoms with Gasteiger partial charge in [0.15, 0.2) is 11.3 Å². The molecule has 2 aromatic heterocycles. The predicted octanol–water partition coefficient (Wildman–Crippen LogP) is 5.68. The van der Waals surface area contributed by atoms with Crippen LogP contribution in [-0.2, 0) is 16.1 Å². The van der Waals surface area contributed by atoms with Gasteiger partial charge in [-0.15, -0.1) is 0 Å². The van der Waals surface area contributed by atoms with Crippen LogP contribution in [0, 0.1) is 22.7 Å². The molecule has 0 radical (unpaired) electrons. The average molecular weight is 542 g/mol. The number of hydrogen-bond acceptors (Lipinski definition) is 7. The number of carbonyl (C=O) groups excluding carboxylic acids is 1. The Morgan fingerprint density at radius 2 is 1.41 bits per heavy atom. The van der Waals surface area contributed by atoms with E-state index in [0.717, 1.165) is 0 Å². The molecule has 2 saturated heterocycles. The van der Waals surface area contributed by atoms with Crippen LogP contribution < -0.4 is 5.32 Å². The number of likely N-dealkylation sites (tertiary alicyclic amines) is 1. The maximum Gasteiger partial charge on any atom is 0.410 e. The molecule has 4 heterocycles. The second-order valence-corrected chi connectivity index (χ2v) is 10.2. The first-order valence-corrected chi connectivity index (χ1v) is 13.0. The highest BCUT2D eigenvalue weighted by molar-refractivity contribution is 5.68. The molecule has 4 rings (SSSR count). The van der Waals surface area contributed by atoms with Crippen molar-refractivity contribution in [1.29, 1.82) is 10.5 Å². The van der Waals surface area contributed by atoms with E-state index in [-0.39, 0.29) is 25.9 Å². The van der Waals surface area contributed by atoms with Crippen LogP contribution in [0.5, 0.6) is 0 Å². The number of pyridine rings is 2. The van der Waals surface area contributed by atoms with Gasteiger partial charge in [-0.05, 0) is 71.0 Å². The minimum atomic E-state index is -1.56. The lowest BCUT2D eigenvalue weighted by molar-refractivity contribution is 0.00125. The number of piperidine rings is 2. The van der Waals surface area contributed by atoms with Gasteiger partial charge in [-0.3, -0.25) is 9.97 Å². The van der Waals surface area contributed by atoms with Crippen LogP contribution in [0.3, 0.4) is 0 Å². The molecule has 0 unspecified atom stereocenters. The largest absolute Gasteiger partial charge is 0.444 e. The monoisotopic (exact) mass is 541 g/mol. The van der Waals surface area contributed by atoms with Crippen molar-refractivity contribution in [3.63, 3.8) is 0 Å². The molecule has 0 aromatic carbocycles. The number of hydrogen-bond donors (Lipinski definition) is 1. The van der Waals surface area contributed by atoms with Crippen LogP contribution in [0.1, 0.15) is 84.2 Å². The van der Waals surface area contributed by atoms with Gasteiger partial charge >= 0.3 is 6.09 Å². The highest BCUT2D eigenvalue weighted by atomic mass is 19.1. The zero-order valence-electron chi connectivity index (χ0n) is 24.1. The molecule has 39 heavy (non-hydrogen) atoms. The average Bonchev–Trinajstić information content (AvgIpc) is 2.94. The molecule has 0 spiro atoms. The van der Waals surface area contributed by atoms with Crippen molar-refractivity contribution >= 4 is 6.09 Å². The van der Waals surface area contributed by atoms with Crippen molar-refractivity contribution in [2.75, 3.05) is 26.2 Å². The molecule has 1 amide bonds. The molecule has 0 atom stereocenters. The van der Waals surface area contributed by atoms with Gasteiger partial charge in [-0.2, -0.15) is 10.5 Å². The quantitative estimate of drug-likeness (QED) is 0.520. The Balaban J connectivity index is 0.000000269. The first-order chi connectivity index (χ1) is 18.9. The maximum atomic E-state index is 15.0. The van der Waals surface area contributed by atoms with Crippen molar-refractivity contribution < 1.29 is 19.7 Å². The fraction of sp³-hybridized carbons (Fsp3) is 0.552. The number of nitrogens with one attached hydrogen (secondary N) is 1. The van der Waals surface area contributed by atoms with Crippen LogP contribution in [0.15, 0.2) is 36.7 Å². The van der Waals surface area contributed by atoms with Gasteiger partial charge in [0.1, 0.15) is 17.7 Å². The first kappa shape index (κ1) is 29.9. The molecular formula is C29H38F2N6O2. The summed E-state index contributed by atoms with van der Waals surface area (Å²) < 4.78 is 40.8. The summed E-state index contributed by atoms with van der Waals surface area (Å²) in [6.07, 6.45) is 3.63. The summed E-state index contributed by atoms with van der Waals surface area (Å²) >= 11 is 0. The van der Waals surface area contributed by atoms with Gasteiger partial charge in [0.25, 0.3) is 0 Å². The lowest BCUT2D eigenvalue weighted by atomic mass is 9.89. The number of aromatic nitrogens is 2. The fourth-order valence-electron chi connectivity index (χ4n) is 4.16. The highest BCUT2D eigenvalue weighted by Gasteiger charge is 2.39. The van der Waals surface area contributed by atoms with Crippen molar-refractivity contribution in [3.05, 3.63) is 59.2 Å². The number of amides is 1. The summed E-state index contributed by atoms with van der Waals surface area (Å²) in [5.74, 6) is 0. The maximum absolute atomic E-state index is 15.0. The molecule has 2 fully saturated rings. The van der Waals surface area contributed by atoms with Gasteiger partial charge in [0.05, 0.1) is 22.5 Å². The Labute approximate surface area is 231 Å². The minimum absolute atomic E-state index is 0.172. The molecule has 2 aliphatic rings. The second-order valence-electron chi connectivity index (χ2n) is 10.2. The van der Waals surface area contributed by atoms with E-state index in [1.54, 1.807) is 52.0 Å². The van der Waals surface area contributed by atoms with E-state index in [1.807, 2.05) is 12.1 Å². The molecule has 10 heteroatoms. The third-order valence-corrected chi connectivity index (χ3v) is 6.31. The molecule has 0 aliphatic carbocycles. The summed E-state index contributed by atoms with van der Waals surface area (Å²) in [5.41, 5.74) is -1.81. The highest BCUT2D eigenvalue weighted by Crippen LogP contribution is 2.36. The van der Waals surface area contributed by atoms with Crippen molar-refractivity contribution in [2.24, 2.45) is 0 Å². The Morgan fingerprint density at radius 1 is 0.974 bits per heavy atom. The summed E-state index contributed by atoms with van der Waals surface area (Å²) in [5, 5.41) is 20.5. The zero-order chi connectivity index (χ0) is 29.8. The van der Waals surface area contributed by atoms with Crippen LogP contribution in [-0.4, -0.2) is 52.7 Å². The molecule has 0 saturated carbocycles. The third-order valence-electron chi connectivity index (χ3n) is 6.31. The summed E-state index contributed by atoms with van der Waals surface area (Å²) in [6, 6.07) is 10.3. The summed E-state index contributed by atoms with van der Waals surface area (Å²) in [7, 11) is 0. The number of nitrogens with zero attached hydrogens (tertiary/aromatic N) is 5. The van der Waals surface area contributed by atoms with Crippen LogP contribution >= 0.6 is 0 Å². The van der Waals surface area contributed by atoms with Gasteiger partial charge in [0, 0.05) is 39.7 Å². The smallest absolute Gasteiger partial charge is 0.410 e. The Morgan fingerprint density at radius 3 is 1.77 bits per heavy atom. The van der Waals surface area contributed by atoms with Crippen molar-refractivity contribution in [3.8, 4) is 12.1 Å². The standard InChI is InChI=1S/C16H20FN3O2.C11H12FN3.C2H6/c1-15(2,3)22-14(21)20-8-6-16(17,7-9-20)13-5-4-12(10-18)11-19-13;12-11(3-5-14-6-4-11)10-2-1-9(7-13)8-15-10;1-2/h4-5,11H,6-9H2,1-3H3;1-2,8,14H,3-6H2;1-2H3/i;;1D. The first-order valence-electron chi connectivity index (χ1n) is 13.7. The van der Waals surface area contributed by atoms with Crippen molar-refractivity contribution in [1.82, 2.24) is 20.2 Å². The van der Waals surface area contributed by atoms with Crippen LogP contribution in [0.2, 0.25) is 0 Å². The minimum Gasteiger partial charge on any atom is -0.444 e. The van der Waals surface area contributed by atoms with E-state index in [2.05, 4.69) is 15.3 Å². The van der Waals surface area contributed by atoms with Gasteiger partial charge in [-0.25, -0.2) is 13.6 Å². The van der Waals surface area contributed by atoms with Crippen LogP contribution in [0.25, 0.3) is 0 Å². The van der Waals surface area contributed by atoms with Gasteiger partial charge in [0.2, 0.25) is 0 Å². The lowest BCUT2D eigenvalue weighted by Gasteiger charge is -2.36. The Hall–Kier alpha value is -3.63. The van der Waals surface area contributed by atoms with E-state index in [4.69, 9.17) is 16.6 Å². The van der Waals surface area contributed by atoms with E-state index in [1.165, 1.54) is 17.3 Å². The summed E-state index contributed by atoms with van der Waals surface area (Å²) in [4.78, 5) is 21.6. The SMILES string of the molecule is CC(C)(C)OC(=O)N1CCC(F)(c2ccc(C#N)cn2)CC1.N#Cc1ccc(C2(F)CCNCC2)nc1.[2H]CC. The molecule has 1 N–H and O–H groups in total. The number of ether oxygens (including phenoxy) is 1. The molecule has 2 aliphatic heterocycles. The Bertz CT molecular complexity index is 1160. The van der Waals surface area contributed by atoms with E-state index < -0.39 is 23.0 Å². The predicted molar refractivity (Wildman–Crippen MR) is 144 cm³/mol. The third kappa shape index (κ3) is 8.97. The van der Waals surface area contributed by atoms with E-state index in [0.29, 0.717) is 55.3 Å². The van der Waals surface area contributed by atoms with E-state index in [9.17, 15) is 13.6 Å². The molecule has 210 valence electrons. The molecule has 0 bridgehead atoms. The number of halogens is 2. The Kier molecular flexibility index (Phi) is 10.7. The van der Waals surface area contributed by atoms with Crippen molar-refractivity contribution in [2.45, 2.75) is 77.2 Å². The molecule has 2 aromatic rings. The zero-order valence-corrected chi connectivity index (χ0v) is 23.1. The molecule has 8 nitrogen and oxygen atoms in total. The van der Waals surface area contributed by atoms with E-state index >= 15 is 0 Å². The fourth-order valence-corrected chi connectivity index (χ4v) is 4.16. The van der Waals surface area contributed by atoms with Crippen LogP contribution in [0.4, 0.5) is 13.6 Å². The number of alkyl halides is 2. The lowest BCUT2D eigenvalue weighted by Crippen LogP contribution is -2.45. The molecular weight excluding hydrogens is 502 g/mol. The second kappa shape index (κ2) is 14.0. The van der Waals surface area contributed by atoms with Gasteiger partial charge in [-0.1, -0.05) is 13.8 Å². The number of carbonyl (C=O) groups is 1. The number of rotatable bonds is 2. The number of nitriles is 2. The topological polar surface area (TPSA) is 115 Å². The summed E-state index contributed by atoms with van der Waals surface area (Å²) in [6.45, 7) is 9.62.